The van der Waals surface area contributed by atoms with Crippen LogP contribution in [0.2, 0.25) is 0 Å². The largest absolute Gasteiger partial charge is 0.508 e. The van der Waals surface area contributed by atoms with Crippen molar-refractivity contribution < 1.29 is 96.5 Å². The van der Waals surface area contributed by atoms with Gasteiger partial charge in [-0.3, -0.25) is 86.3 Å². The minimum Gasteiger partial charge on any atom is -0.508 e. The number of aromatic hydroxyl groups is 1. The fourth-order valence-corrected chi connectivity index (χ4v) is 17.6. The van der Waals surface area contributed by atoms with E-state index in [4.69, 9.17) is 22.9 Å². The number of nitrogens with one attached hydrogen (secondary N) is 12. The van der Waals surface area contributed by atoms with Gasteiger partial charge >= 0.3 is 5.97 Å². The van der Waals surface area contributed by atoms with E-state index in [1.54, 1.807) is 24.5 Å². The van der Waals surface area contributed by atoms with E-state index in [9.17, 15) is 67.7 Å². The molecule has 41 nitrogen and oxygen atoms in total. The Morgan fingerprint density at radius 1 is 0.485 bits per heavy atom. The smallest absolute Gasteiger partial charge is 0.305 e. The summed E-state index contributed by atoms with van der Waals surface area (Å²) in [5.74, 6) is -17.7. The summed E-state index contributed by atoms with van der Waals surface area (Å²) in [4.78, 5) is 272. The Morgan fingerprint density at radius 2 is 0.969 bits per heavy atom. The molecule has 130 heavy (non-hydrogen) atoms. The summed E-state index contributed by atoms with van der Waals surface area (Å²) in [5, 5.41) is 48.3. The number of carbonyl (C=O) groups excluding carboxylic acids is 17. The van der Waals surface area contributed by atoms with Crippen LogP contribution in [-0.2, 0) is 106 Å². The molecule has 0 aliphatic carbocycles. The second kappa shape index (κ2) is 48.6. The maximum atomic E-state index is 15.7. The van der Waals surface area contributed by atoms with Crippen LogP contribution < -0.4 is 76.1 Å². The number of hydrogen-bond donors (Lipinski definition) is 18. The van der Waals surface area contributed by atoms with Crippen molar-refractivity contribution in [2.45, 2.75) is 240 Å². The summed E-state index contributed by atoms with van der Waals surface area (Å²) in [5.41, 5.74) is 26.5. The number of phenols is 1. The first-order chi connectivity index (χ1) is 62.1. The average Bonchev–Trinajstić information content (AvgIpc) is 1.44. The van der Waals surface area contributed by atoms with Gasteiger partial charge in [0.05, 0.1) is 18.7 Å². The van der Waals surface area contributed by atoms with E-state index in [-0.39, 0.29) is 122 Å². The number of nitrogens with zero attached hydrogens (tertiary/aromatic N) is 5. The first-order valence-electron chi connectivity index (χ1n) is 44.2. The summed E-state index contributed by atoms with van der Waals surface area (Å²) in [6.07, 6.45) is 3.56. The standard InChI is InChI=1S/C88H123N21O20S/c1-6-8-23-66-80(121)96-49(3)75(116)104-65(76(117)95-46-72(92)112)47-130-48-73(113)97-61(40-50-28-31-53(110)32-29-50)86(127)108-38-16-26-68(108)82(123)102-63(42-74(114)115)87(128)109-39-17-27-69(109)83(124)103-64(43-90)79(120)100-60(34-35-71(91)111)85(126)107-37-15-25-67(107)81(122)99-59(33-30-51-44-93-56-20-12-10-18-54(51)56)78(119)98-58(22-14-36-89)77(118)101-62(41-52-45-94-57-21-13-11-19-55(52)57)84(125)106(5)70(24-9-7-2)88(129)105(66)4/h10-13,18-21,28-29,31-32,44-45,49,58-70,93-94,110H,6-9,14-17,22-27,30,33-43,46-48,89-90H2,1-5H3,(H2,91,111)(H2,92,112)(H,95,117)(H,96,121)(H,97,113)(H,98,119)(H,99,122)(H,100,120)(H,101,118)(H,102,123)(H,103,124)(H,104,116)(H,114,115)/t49-,58-,59+,60?,61-,62-,63+,64+,65+,66+,67?,68?,69-,70+/m0/s1. The number of aromatic amines is 2. The number of fused-ring (bicyclic) bond motifs is 5. The van der Waals surface area contributed by atoms with Crippen LogP contribution in [0.15, 0.2) is 85.2 Å². The van der Waals surface area contributed by atoms with Crippen LogP contribution in [0, 0.1) is 0 Å². The van der Waals surface area contributed by atoms with Crippen molar-refractivity contribution in [2.75, 3.05) is 64.9 Å². The molecular weight excluding hydrogens is 1700 g/mol. The van der Waals surface area contributed by atoms with Crippen molar-refractivity contribution in [3.05, 3.63) is 102 Å². The molecule has 3 unspecified atom stereocenters. The summed E-state index contributed by atoms with van der Waals surface area (Å²) in [6.45, 7) is 3.42. The molecule has 5 aromatic rings. The normalized spacial score (nSPS) is 25.1. The number of aryl methyl sites for hydroxylation is 1. The number of amides is 17. The Labute approximate surface area is 756 Å². The zero-order chi connectivity index (χ0) is 94.6. The van der Waals surface area contributed by atoms with Crippen LogP contribution in [-0.4, -0.2) is 301 Å². The van der Waals surface area contributed by atoms with Crippen LogP contribution in [0.25, 0.3) is 21.8 Å². The van der Waals surface area contributed by atoms with Crippen LogP contribution in [0.4, 0.5) is 0 Å². The molecule has 0 bridgehead atoms. The number of carboxylic acids is 1. The molecule has 42 heteroatoms. The number of unbranched alkanes of at least 4 members (excludes halogenated alkanes) is 2. The Morgan fingerprint density at radius 3 is 1.52 bits per heavy atom. The number of hydrogen-bond acceptors (Lipinski definition) is 22. The number of aliphatic carboxylic acids is 1. The zero-order valence-corrected chi connectivity index (χ0v) is 74.7. The highest BCUT2D eigenvalue weighted by molar-refractivity contribution is 8.00. The number of rotatable bonds is 25. The minimum atomic E-state index is -1.87. The number of H-pyrrole nitrogens is 2. The van der Waals surface area contributed by atoms with Crippen molar-refractivity contribution in [3.63, 3.8) is 0 Å². The van der Waals surface area contributed by atoms with Gasteiger partial charge < -0.3 is 121 Å². The van der Waals surface area contributed by atoms with E-state index in [0.29, 0.717) is 47.7 Å². The zero-order valence-electron chi connectivity index (χ0n) is 73.9. The van der Waals surface area contributed by atoms with Gasteiger partial charge in [-0.1, -0.05) is 88.1 Å². The molecule has 706 valence electrons. The number of nitrogens with two attached hydrogens (primary N) is 4. The van der Waals surface area contributed by atoms with E-state index >= 15 is 28.8 Å². The molecule has 2 aromatic heterocycles. The van der Waals surface area contributed by atoms with Gasteiger partial charge in [-0.05, 0) is 138 Å². The summed E-state index contributed by atoms with van der Waals surface area (Å²) in [7, 11) is 2.77. The third kappa shape index (κ3) is 27.4. The van der Waals surface area contributed by atoms with Crippen LogP contribution in [0.5, 0.6) is 5.75 Å². The molecule has 4 aliphatic rings. The Bertz CT molecular complexity index is 4910. The number of para-hydroxylation sites is 2. The second-order valence-electron chi connectivity index (χ2n) is 33.4. The van der Waals surface area contributed by atoms with Crippen molar-refractivity contribution in [2.24, 2.45) is 22.9 Å². The lowest BCUT2D eigenvalue weighted by molar-refractivity contribution is -0.149. The highest BCUT2D eigenvalue weighted by atomic mass is 32.2. The molecule has 4 saturated heterocycles. The number of carboxylic acid groups (broad SMARTS) is 1. The van der Waals surface area contributed by atoms with Crippen molar-refractivity contribution >= 4 is 140 Å². The number of primary amides is 2. The molecule has 4 aliphatic heterocycles. The van der Waals surface area contributed by atoms with Gasteiger partial charge in [-0.15, -0.1) is 11.8 Å². The third-order valence-corrected chi connectivity index (χ3v) is 25.0. The van der Waals surface area contributed by atoms with Gasteiger partial charge in [0.15, 0.2) is 0 Å². The molecule has 0 radical (unpaired) electrons. The SMILES string of the molecule is CCCC[C@@H]1C(=O)N(C)[C@H](CCCC)C(=O)N[C@@H](C)C(=O)N[C@@H](C(=O)NCC(N)=O)CSCC(=O)N[C@@H](Cc2ccc(O)cc2)C(=O)N2CCCC2C(=O)N[C@H](CC(=O)O)C(=O)N2CCC[C@H]2C(=O)N[C@H](CN)C(=O)NC(CCC(N)=O)C(=O)N2CCCC2C(=O)N[C@H](CCc2c[nH]c3ccccc23)C(=O)N[C@@H](CCCN)C(=O)N[C@@H](Cc2c[nH]c3ccccc23)C(=O)N1C. The van der Waals surface area contributed by atoms with Gasteiger partial charge in [0.1, 0.15) is 90.3 Å². The molecular formula is C88H123N21O20S. The van der Waals surface area contributed by atoms with Crippen LogP contribution in [0.1, 0.15) is 153 Å². The van der Waals surface area contributed by atoms with E-state index in [1.165, 1.54) is 60.0 Å². The number of likely N-dealkylation sites (N-methyl/N-ethyl adjacent to an activating group) is 2. The average molecular weight is 1830 g/mol. The molecule has 3 aromatic carbocycles. The molecule has 4 fully saturated rings. The van der Waals surface area contributed by atoms with Gasteiger partial charge in [0.2, 0.25) is 100 Å². The molecule has 6 heterocycles. The lowest BCUT2D eigenvalue weighted by atomic mass is 9.99. The second-order valence-corrected chi connectivity index (χ2v) is 34.4. The fourth-order valence-electron chi connectivity index (χ4n) is 16.8. The maximum absolute atomic E-state index is 15.7. The fraction of sp³-hybridized carbons (Fsp3) is 0.545. The van der Waals surface area contributed by atoms with Crippen molar-refractivity contribution in [1.29, 1.82) is 0 Å². The van der Waals surface area contributed by atoms with Crippen molar-refractivity contribution in [1.82, 2.24) is 87.6 Å². The molecule has 22 N–H and O–H groups in total. The predicted molar refractivity (Wildman–Crippen MR) is 477 cm³/mol. The first-order valence-corrected chi connectivity index (χ1v) is 45.4. The number of phenolic OH excluding ortho intramolecular Hbond substituents is 1. The Balaban J connectivity index is 1.07. The van der Waals surface area contributed by atoms with Crippen molar-refractivity contribution in [3.8, 4) is 5.75 Å². The molecule has 17 amide bonds. The third-order valence-electron chi connectivity index (χ3n) is 24.0. The first kappa shape index (κ1) is 101. The molecule has 0 saturated carbocycles. The van der Waals surface area contributed by atoms with Gasteiger partial charge in [-0.2, -0.15) is 0 Å². The summed E-state index contributed by atoms with van der Waals surface area (Å²) >= 11 is 0.792. The van der Waals surface area contributed by atoms with Gasteiger partial charge in [0.25, 0.3) is 0 Å². The highest BCUT2D eigenvalue weighted by Crippen LogP contribution is 2.29. The number of thioether (sulfide) groups is 1. The Kier molecular flexibility index (Phi) is 37.8. The van der Waals surface area contributed by atoms with Gasteiger partial charge in [-0.25, -0.2) is 0 Å². The summed E-state index contributed by atoms with van der Waals surface area (Å²) < 4.78 is 0. The van der Waals surface area contributed by atoms with E-state index in [1.807, 2.05) is 50.2 Å². The molecule has 14 atom stereocenters. The number of carbonyl (C=O) groups is 18. The lowest BCUT2D eigenvalue weighted by Gasteiger charge is -2.36. The predicted octanol–water partition coefficient (Wildman–Crippen LogP) is -2.05. The van der Waals surface area contributed by atoms with Crippen LogP contribution >= 0.6 is 11.8 Å². The van der Waals surface area contributed by atoms with Crippen LogP contribution in [0.3, 0.4) is 0 Å². The number of aromatic nitrogens is 2. The van der Waals surface area contributed by atoms with Gasteiger partial charge in [0, 0.05) is 99.5 Å². The number of benzene rings is 3. The highest BCUT2D eigenvalue weighted by Gasteiger charge is 2.46. The van der Waals surface area contributed by atoms with E-state index < -0.39 is 235 Å². The minimum absolute atomic E-state index is 0.0195. The maximum Gasteiger partial charge on any atom is 0.305 e. The molecule has 9 rings (SSSR count). The summed E-state index contributed by atoms with van der Waals surface area (Å²) in [6, 6.07) is -0.588. The quantitative estimate of drug-likeness (QED) is 0.0299. The molecule has 0 spiro atoms. The van der Waals surface area contributed by atoms with E-state index in [0.717, 1.165) is 38.0 Å². The topological polar surface area (TPSA) is 620 Å². The van der Waals surface area contributed by atoms with E-state index in [2.05, 4.69) is 63.1 Å². The Hall–Kier alpha value is -12.7. The lowest BCUT2D eigenvalue weighted by Crippen LogP contribution is -2.61. The monoisotopic (exact) mass is 1830 g/mol.